The van der Waals surface area contributed by atoms with Gasteiger partial charge in [0.25, 0.3) is 0 Å². The van der Waals surface area contributed by atoms with Crippen LogP contribution in [0.15, 0.2) is 22.7 Å². The van der Waals surface area contributed by atoms with Crippen molar-refractivity contribution in [3.05, 3.63) is 33.8 Å². The van der Waals surface area contributed by atoms with E-state index in [2.05, 4.69) is 22.0 Å². The van der Waals surface area contributed by atoms with Crippen molar-refractivity contribution in [1.29, 1.82) is 5.26 Å². The molecule has 1 aromatic rings. The Labute approximate surface area is 85.5 Å². The summed E-state index contributed by atoms with van der Waals surface area (Å²) in [4.78, 5) is 0. The second-order valence-corrected chi connectivity index (χ2v) is 4.20. The first-order valence-electron chi connectivity index (χ1n) is 4.15. The first-order chi connectivity index (χ1) is 6.17. The lowest BCUT2D eigenvalue weighted by molar-refractivity contribution is 0.571. The van der Waals surface area contributed by atoms with Crippen molar-refractivity contribution < 1.29 is 0 Å². The Morgan fingerprint density at radius 2 is 2.31 bits per heavy atom. The van der Waals surface area contributed by atoms with Crippen LogP contribution in [0.25, 0.3) is 0 Å². The van der Waals surface area contributed by atoms with Crippen LogP contribution in [-0.4, -0.2) is 0 Å². The third kappa shape index (κ3) is 1.18. The molecule has 0 bridgehead atoms. The van der Waals surface area contributed by atoms with E-state index in [0.717, 1.165) is 22.9 Å². The molecule has 0 fully saturated rings. The van der Waals surface area contributed by atoms with E-state index in [1.807, 2.05) is 18.2 Å². The fourth-order valence-electron chi connectivity index (χ4n) is 1.80. The fraction of sp³-hybridized carbons (Fsp3) is 0.300. The molecule has 1 aliphatic carbocycles. The molecule has 1 aromatic carbocycles. The molecule has 0 saturated carbocycles. The van der Waals surface area contributed by atoms with Gasteiger partial charge in [-0.05, 0) is 30.0 Å². The molecule has 0 saturated heterocycles. The highest BCUT2D eigenvalue weighted by Gasteiger charge is 2.35. The Bertz CT molecular complexity index is 394. The van der Waals surface area contributed by atoms with Gasteiger partial charge in [-0.2, -0.15) is 5.26 Å². The molecule has 1 aliphatic rings. The molecule has 3 heteroatoms. The van der Waals surface area contributed by atoms with Crippen molar-refractivity contribution >= 4 is 15.9 Å². The summed E-state index contributed by atoms with van der Waals surface area (Å²) < 4.78 is 1.06. The maximum Gasteiger partial charge on any atom is 0.130 e. The van der Waals surface area contributed by atoms with E-state index in [4.69, 9.17) is 11.0 Å². The third-order valence-electron chi connectivity index (χ3n) is 2.57. The van der Waals surface area contributed by atoms with E-state index in [-0.39, 0.29) is 0 Å². The SMILES string of the molecule is N#CC1(N)CCc2c(Br)cccc21. The molecular weight excluding hydrogens is 228 g/mol. The number of fused-ring (bicyclic) bond motifs is 1. The van der Waals surface area contributed by atoms with E-state index in [0.29, 0.717) is 0 Å². The molecule has 66 valence electrons. The molecule has 2 N–H and O–H groups in total. The smallest absolute Gasteiger partial charge is 0.130 e. The minimum Gasteiger partial charge on any atom is -0.310 e. The molecule has 13 heavy (non-hydrogen) atoms. The van der Waals surface area contributed by atoms with Gasteiger partial charge in [0.2, 0.25) is 0 Å². The number of hydrogen-bond acceptors (Lipinski definition) is 2. The van der Waals surface area contributed by atoms with Crippen LogP contribution in [0.3, 0.4) is 0 Å². The lowest BCUT2D eigenvalue weighted by Crippen LogP contribution is -2.31. The van der Waals surface area contributed by atoms with Crippen molar-refractivity contribution in [1.82, 2.24) is 0 Å². The molecule has 0 spiro atoms. The quantitative estimate of drug-likeness (QED) is 0.750. The van der Waals surface area contributed by atoms with E-state index in [1.165, 1.54) is 5.56 Å². The predicted molar refractivity (Wildman–Crippen MR) is 53.9 cm³/mol. The van der Waals surface area contributed by atoms with Crippen LogP contribution in [0, 0.1) is 11.3 Å². The summed E-state index contributed by atoms with van der Waals surface area (Å²) in [5.74, 6) is 0. The van der Waals surface area contributed by atoms with Gasteiger partial charge in [0.15, 0.2) is 0 Å². The number of rotatable bonds is 0. The molecule has 0 radical (unpaired) electrons. The van der Waals surface area contributed by atoms with Gasteiger partial charge < -0.3 is 5.73 Å². The summed E-state index contributed by atoms with van der Waals surface area (Å²) >= 11 is 3.46. The number of benzene rings is 1. The van der Waals surface area contributed by atoms with Crippen LogP contribution < -0.4 is 5.73 Å². The molecule has 0 amide bonds. The van der Waals surface area contributed by atoms with Crippen molar-refractivity contribution in [2.24, 2.45) is 5.73 Å². The van der Waals surface area contributed by atoms with E-state index >= 15 is 0 Å². The molecular formula is C10H9BrN2. The van der Waals surface area contributed by atoms with Crippen LogP contribution in [0.5, 0.6) is 0 Å². The lowest BCUT2D eigenvalue weighted by atomic mass is 9.95. The van der Waals surface area contributed by atoms with Gasteiger partial charge >= 0.3 is 0 Å². The second-order valence-electron chi connectivity index (χ2n) is 3.35. The van der Waals surface area contributed by atoms with Crippen molar-refractivity contribution in [2.45, 2.75) is 18.4 Å². The normalized spacial score (nSPS) is 25.3. The number of nitrogens with zero attached hydrogens (tertiary/aromatic N) is 1. The molecule has 1 atom stereocenters. The fourth-order valence-corrected chi connectivity index (χ4v) is 2.37. The summed E-state index contributed by atoms with van der Waals surface area (Å²) in [6, 6.07) is 8.03. The standard InChI is InChI=1S/C10H9BrN2/c11-9-3-1-2-8-7(9)4-5-10(8,13)6-12/h1-3H,4-5,13H2. The lowest BCUT2D eigenvalue weighted by Gasteiger charge is -2.15. The largest absolute Gasteiger partial charge is 0.310 e. The molecule has 1 unspecified atom stereocenters. The minimum atomic E-state index is -0.765. The van der Waals surface area contributed by atoms with Gasteiger partial charge in [-0.25, -0.2) is 0 Å². The van der Waals surface area contributed by atoms with Crippen LogP contribution >= 0.6 is 15.9 Å². The third-order valence-corrected chi connectivity index (χ3v) is 3.31. The maximum absolute atomic E-state index is 8.97. The van der Waals surface area contributed by atoms with Gasteiger partial charge in [0.05, 0.1) is 6.07 Å². The Hall–Kier alpha value is -0.850. The number of nitrogens with two attached hydrogens (primary N) is 1. The Morgan fingerprint density at radius 3 is 3.00 bits per heavy atom. The molecule has 2 nitrogen and oxygen atoms in total. The van der Waals surface area contributed by atoms with Gasteiger partial charge in [0.1, 0.15) is 5.54 Å². The second kappa shape index (κ2) is 2.83. The van der Waals surface area contributed by atoms with Gasteiger partial charge in [0, 0.05) is 4.47 Å². The van der Waals surface area contributed by atoms with E-state index in [1.54, 1.807) is 0 Å². The summed E-state index contributed by atoms with van der Waals surface area (Å²) in [6.45, 7) is 0. The molecule has 2 rings (SSSR count). The Morgan fingerprint density at radius 1 is 1.54 bits per heavy atom. The highest BCUT2D eigenvalue weighted by atomic mass is 79.9. The van der Waals surface area contributed by atoms with E-state index < -0.39 is 5.54 Å². The summed E-state index contributed by atoms with van der Waals surface area (Å²) in [7, 11) is 0. The molecule has 0 aromatic heterocycles. The van der Waals surface area contributed by atoms with Crippen molar-refractivity contribution in [3.8, 4) is 6.07 Å². The average Bonchev–Trinajstić information content (AvgIpc) is 2.47. The zero-order chi connectivity index (χ0) is 9.47. The highest BCUT2D eigenvalue weighted by molar-refractivity contribution is 9.10. The van der Waals surface area contributed by atoms with Crippen molar-refractivity contribution in [3.63, 3.8) is 0 Å². The molecule has 0 heterocycles. The summed E-state index contributed by atoms with van der Waals surface area (Å²) in [5, 5.41) is 8.97. The number of halogens is 1. The zero-order valence-corrected chi connectivity index (χ0v) is 8.63. The van der Waals surface area contributed by atoms with E-state index in [9.17, 15) is 0 Å². The predicted octanol–water partition coefficient (Wildman–Crippen LogP) is 2.07. The zero-order valence-electron chi connectivity index (χ0n) is 7.05. The number of hydrogen-bond donors (Lipinski definition) is 1. The highest BCUT2D eigenvalue weighted by Crippen LogP contribution is 2.37. The van der Waals surface area contributed by atoms with Crippen LogP contribution in [-0.2, 0) is 12.0 Å². The maximum atomic E-state index is 8.97. The topological polar surface area (TPSA) is 49.8 Å². The number of nitriles is 1. The summed E-state index contributed by atoms with van der Waals surface area (Å²) in [6.07, 6.45) is 1.61. The van der Waals surface area contributed by atoms with Crippen LogP contribution in [0.1, 0.15) is 17.5 Å². The Balaban J connectivity index is 2.63. The van der Waals surface area contributed by atoms with Crippen LogP contribution in [0.2, 0.25) is 0 Å². The van der Waals surface area contributed by atoms with Gasteiger partial charge in [-0.3, -0.25) is 0 Å². The Kier molecular flexibility index (Phi) is 1.90. The molecule has 0 aliphatic heterocycles. The average molecular weight is 237 g/mol. The minimum absolute atomic E-state index is 0.724. The van der Waals surface area contributed by atoms with Crippen molar-refractivity contribution in [2.75, 3.05) is 0 Å². The van der Waals surface area contributed by atoms with Crippen LogP contribution in [0.4, 0.5) is 0 Å². The van der Waals surface area contributed by atoms with Gasteiger partial charge in [-0.15, -0.1) is 0 Å². The monoisotopic (exact) mass is 236 g/mol. The van der Waals surface area contributed by atoms with Gasteiger partial charge in [-0.1, -0.05) is 28.1 Å². The first kappa shape index (κ1) is 8.74. The summed E-state index contributed by atoms with van der Waals surface area (Å²) in [5.41, 5.74) is 7.36. The first-order valence-corrected chi connectivity index (χ1v) is 4.95.